The number of ether oxygens (including phenoxy) is 2. The second-order valence-corrected chi connectivity index (χ2v) is 4.88. The van der Waals surface area contributed by atoms with Gasteiger partial charge >= 0.3 is 6.09 Å². The van der Waals surface area contributed by atoms with Gasteiger partial charge in [0, 0.05) is 23.0 Å². The van der Waals surface area contributed by atoms with Crippen molar-refractivity contribution in [3.8, 4) is 5.75 Å². The van der Waals surface area contributed by atoms with E-state index in [1.807, 2.05) is 31.2 Å². The first-order valence-electron chi connectivity index (χ1n) is 7.11. The van der Waals surface area contributed by atoms with E-state index >= 15 is 0 Å². The lowest BCUT2D eigenvalue weighted by Gasteiger charge is -2.05. The van der Waals surface area contributed by atoms with Crippen LogP contribution in [0.4, 0.5) is 10.6 Å². The molecule has 0 aliphatic carbocycles. The number of carbonyl (C=O) groups is 1. The molecule has 1 amide bonds. The third-order valence-electron chi connectivity index (χ3n) is 3.39. The fraction of sp³-hybridized carbons (Fsp3) is 0.250. The summed E-state index contributed by atoms with van der Waals surface area (Å²) >= 11 is 0. The minimum absolute atomic E-state index is 0.381. The van der Waals surface area contributed by atoms with E-state index in [0.717, 1.165) is 34.0 Å². The van der Waals surface area contributed by atoms with Crippen LogP contribution >= 0.6 is 0 Å². The number of anilines is 1. The molecule has 0 radical (unpaired) electrons. The SMILES string of the molecule is CCCOC(=O)Nc1nccc2c1[nH]c1cc(OC)ccc12. The number of hydrogen-bond acceptors (Lipinski definition) is 4. The number of amides is 1. The van der Waals surface area contributed by atoms with Crippen LogP contribution in [0.5, 0.6) is 5.75 Å². The molecule has 6 heteroatoms. The highest BCUT2D eigenvalue weighted by atomic mass is 16.5. The van der Waals surface area contributed by atoms with Crippen molar-refractivity contribution in [3.63, 3.8) is 0 Å². The molecule has 0 aliphatic heterocycles. The first-order chi connectivity index (χ1) is 10.7. The van der Waals surface area contributed by atoms with Gasteiger partial charge in [-0.05, 0) is 24.6 Å². The van der Waals surface area contributed by atoms with E-state index in [1.54, 1.807) is 13.3 Å². The summed E-state index contributed by atoms with van der Waals surface area (Å²) in [6.45, 7) is 2.32. The van der Waals surface area contributed by atoms with E-state index in [2.05, 4.69) is 15.3 Å². The topological polar surface area (TPSA) is 76.2 Å². The Kier molecular flexibility index (Phi) is 3.82. The molecule has 0 spiro atoms. The molecule has 114 valence electrons. The highest BCUT2D eigenvalue weighted by molar-refractivity contribution is 6.11. The fourth-order valence-corrected chi connectivity index (χ4v) is 2.36. The monoisotopic (exact) mass is 299 g/mol. The Morgan fingerprint density at radius 1 is 1.32 bits per heavy atom. The Labute approximate surface area is 127 Å². The van der Waals surface area contributed by atoms with Crippen molar-refractivity contribution >= 4 is 33.7 Å². The molecule has 3 rings (SSSR count). The van der Waals surface area contributed by atoms with Gasteiger partial charge in [0.05, 0.1) is 24.8 Å². The third kappa shape index (κ3) is 2.55. The number of aromatic amines is 1. The second kappa shape index (κ2) is 5.93. The summed E-state index contributed by atoms with van der Waals surface area (Å²) in [7, 11) is 1.63. The van der Waals surface area contributed by atoms with Crippen LogP contribution in [0.2, 0.25) is 0 Å². The molecule has 3 aromatic rings. The van der Waals surface area contributed by atoms with Crippen LogP contribution < -0.4 is 10.1 Å². The van der Waals surface area contributed by atoms with Gasteiger partial charge in [0.15, 0.2) is 5.82 Å². The predicted molar refractivity (Wildman–Crippen MR) is 85.4 cm³/mol. The minimum atomic E-state index is -0.502. The van der Waals surface area contributed by atoms with Crippen LogP contribution in [-0.4, -0.2) is 29.8 Å². The molecule has 6 nitrogen and oxygen atoms in total. The zero-order valence-electron chi connectivity index (χ0n) is 12.5. The number of nitrogens with zero attached hydrogens (tertiary/aromatic N) is 1. The highest BCUT2D eigenvalue weighted by Gasteiger charge is 2.12. The molecule has 0 saturated carbocycles. The minimum Gasteiger partial charge on any atom is -0.497 e. The van der Waals surface area contributed by atoms with Crippen LogP contribution in [0.15, 0.2) is 30.5 Å². The number of pyridine rings is 1. The van der Waals surface area contributed by atoms with Crippen molar-refractivity contribution in [1.82, 2.24) is 9.97 Å². The third-order valence-corrected chi connectivity index (χ3v) is 3.39. The molecule has 0 fully saturated rings. The molecule has 0 bridgehead atoms. The Balaban J connectivity index is 2.02. The van der Waals surface area contributed by atoms with Gasteiger partial charge in [-0.3, -0.25) is 5.32 Å². The quantitative estimate of drug-likeness (QED) is 0.770. The first-order valence-corrected chi connectivity index (χ1v) is 7.11. The molecule has 2 aromatic heterocycles. The van der Waals surface area contributed by atoms with E-state index in [0.29, 0.717) is 12.4 Å². The molecular weight excluding hydrogens is 282 g/mol. The average molecular weight is 299 g/mol. The lowest BCUT2D eigenvalue weighted by atomic mass is 10.2. The summed E-state index contributed by atoms with van der Waals surface area (Å²) in [6.07, 6.45) is 1.94. The molecule has 1 aromatic carbocycles. The highest BCUT2D eigenvalue weighted by Crippen LogP contribution is 2.31. The lowest BCUT2D eigenvalue weighted by molar-refractivity contribution is 0.161. The summed E-state index contributed by atoms with van der Waals surface area (Å²) in [6, 6.07) is 7.70. The molecule has 2 heterocycles. The van der Waals surface area contributed by atoms with Crippen LogP contribution in [-0.2, 0) is 4.74 Å². The van der Waals surface area contributed by atoms with E-state index in [4.69, 9.17) is 9.47 Å². The van der Waals surface area contributed by atoms with Crippen LogP contribution in [0.3, 0.4) is 0 Å². The molecule has 0 unspecified atom stereocenters. The Bertz CT molecular complexity index is 826. The average Bonchev–Trinajstić information content (AvgIpc) is 2.91. The van der Waals surface area contributed by atoms with Crippen molar-refractivity contribution in [3.05, 3.63) is 30.5 Å². The maximum atomic E-state index is 11.7. The van der Waals surface area contributed by atoms with Crippen LogP contribution in [0.25, 0.3) is 21.8 Å². The van der Waals surface area contributed by atoms with E-state index in [1.165, 1.54) is 0 Å². The summed E-state index contributed by atoms with van der Waals surface area (Å²) in [5, 5.41) is 4.70. The number of benzene rings is 1. The number of carbonyl (C=O) groups excluding carboxylic acids is 1. The standard InChI is InChI=1S/C16H17N3O3/c1-3-8-22-16(20)19-15-14-12(6-7-17-15)11-5-4-10(21-2)9-13(11)18-14/h4-7,9,18H,3,8H2,1-2H3,(H,17,19,20). The van der Waals surface area contributed by atoms with E-state index < -0.39 is 6.09 Å². The Hall–Kier alpha value is -2.76. The van der Waals surface area contributed by atoms with Gasteiger partial charge in [-0.2, -0.15) is 0 Å². The number of nitrogens with one attached hydrogen (secondary N) is 2. The van der Waals surface area contributed by atoms with Crippen molar-refractivity contribution < 1.29 is 14.3 Å². The van der Waals surface area contributed by atoms with Gasteiger partial charge in [-0.15, -0.1) is 0 Å². The number of fused-ring (bicyclic) bond motifs is 3. The van der Waals surface area contributed by atoms with Gasteiger partial charge in [-0.1, -0.05) is 6.92 Å². The Morgan fingerprint density at radius 2 is 2.18 bits per heavy atom. The summed E-state index contributed by atoms with van der Waals surface area (Å²) in [5.41, 5.74) is 1.69. The second-order valence-electron chi connectivity index (χ2n) is 4.88. The van der Waals surface area contributed by atoms with Crippen molar-refractivity contribution in [2.45, 2.75) is 13.3 Å². The van der Waals surface area contributed by atoms with Crippen molar-refractivity contribution in [2.75, 3.05) is 19.0 Å². The zero-order valence-corrected chi connectivity index (χ0v) is 12.5. The van der Waals surface area contributed by atoms with Gasteiger partial charge in [-0.25, -0.2) is 9.78 Å². The molecule has 0 aliphatic rings. The fourth-order valence-electron chi connectivity index (χ4n) is 2.36. The first kappa shape index (κ1) is 14.2. The lowest BCUT2D eigenvalue weighted by Crippen LogP contribution is -2.15. The normalized spacial score (nSPS) is 10.8. The molecule has 2 N–H and O–H groups in total. The maximum Gasteiger partial charge on any atom is 0.412 e. The zero-order chi connectivity index (χ0) is 15.5. The summed E-state index contributed by atoms with van der Waals surface area (Å²) in [5.74, 6) is 1.22. The van der Waals surface area contributed by atoms with Crippen molar-refractivity contribution in [2.24, 2.45) is 0 Å². The Morgan fingerprint density at radius 3 is 2.95 bits per heavy atom. The van der Waals surface area contributed by atoms with E-state index in [9.17, 15) is 4.79 Å². The van der Waals surface area contributed by atoms with Crippen molar-refractivity contribution in [1.29, 1.82) is 0 Å². The molecule has 22 heavy (non-hydrogen) atoms. The molecule has 0 atom stereocenters. The van der Waals surface area contributed by atoms with Gasteiger partial charge in [0.1, 0.15) is 5.75 Å². The maximum absolute atomic E-state index is 11.7. The largest absolute Gasteiger partial charge is 0.497 e. The van der Waals surface area contributed by atoms with Crippen LogP contribution in [0, 0.1) is 0 Å². The molecule has 0 saturated heterocycles. The van der Waals surface area contributed by atoms with Gasteiger partial charge in [0.2, 0.25) is 0 Å². The number of H-pyrrole nitrogens is 1. The van der Waals surface area contributed by atoms with Crippen LogP contribution in [0.1, 0.15) is 13.3 Å². The number of hydrogen-bond donors (Lipinski definition) is 2. The number of methoxy groups -OCH3 is 1. The summed E-state index contributed by atoms with van der Waals surface area (Å²) in [4.78, 5) is 19.2. The summed E-state index contributed by atoms with van der Waals surface area (Å²) < 4.78 is 10.3. The predicted octanol–water partition coefficient (Wildman–Crippen LogP) is 3.68. The van der Waals surface area contributed by atoms with Gasteiger partial charge < -0.3 is 14.5 Å². The smallest absolute Gasteiger partial charge is 0.412 e. The van der Waals surface area contributed by atoms with Gasteiger partial charge in [0.25, 0.3) is 0 Å². The number of aromatic nitrogens is 2. The molecular formula is C16H17N3O3. The van der Waals surface area contributed by atoms with E-state index in [-0.39, 0.29) is 0 Å². The number of rotatable bonds is 4.